The van der Waals surface area contributed by atoms with E-state index in [1.807, 2.05) is 13.8 Å². The summed E-state index contributed by atoms with van der Waals surface area (Å²) in [6.07, 6.45) is 3.31. The number of amides is 2. The first kappa shape index (κ1) is 16.2. The van der Waals surface area contributed by atoms with Gasteiger partial charge in [-0.25, -0.2) is 4.79 Å². The lowest BCUT2D eigenvalue weighted by Gasteiger charge is -2.32. The van der Waals surface area contributed by atoms with E-state index in [0.717, 1.165) is 25.9 Å². The molecule has 2 atom stereocenters. The van der Waals surface area contributed by atoms with Crippen molar-refractivity contribution in [2.45, 2.75) is 58.2 Å². The number of carbonyl (C=O) groups excluding carboxylic acids is 1. The van der Waals surface area contributed by atoms with Crippen LogP contribution in [-0.4, -0.2) is 55.9 Å². The molecule has 5 nitrogen and oxygen atoms in total. The summed E-state index contributed by atoms with van der Waals surface area (Å²) >= 11 is 0. The molecule has 0 aliphatic carbocycles. The van der Waals surface area contributed by atoms with Crippen molar-refractivity contribution in [1.82, 2.24) is 15.5 Å². The van der Waals surface area contributed by atoms with Gasteiger partial charge in [0.1, 0.15) is 0 Å². The Hall–Kier alpha value is -0.810. The normalized spacial score (nSPS) is 20.8. The number of rotatable bonds is 6. The van der Waals surface area contributed by atoms with E-state index in [1.54, 1.807) is 7.11 Å². The SMILES string of the molecule is CCCN1CCC(NC(=O)N[C@@H](C)[C@H](C)OC)CC1. The van der Waals surface area contributed by atoms with Crippen molar-refractivity contribution < 1.29 is 9.53 Å². The summed E-state index contributed by atoms with van der Waals surface area (Å²) in [4.78, 5) is 14.3. The third-order valence-electron chi connectivity index (χ3n) is 3.90. The highest BCUT2D eigenvalue weighted by Gasteiger charge is 2.21. The van der Waals surface area contributed by atoms with Gasteiger partial charge in [-0.3, -0.25) is 0 Å². The Kier molecular flexibility index (Phi) is 7.16. The van der Waals surface area contributed by atoms with Crippen molar-refractivity contribution >= 4 is 6.03 Å². The summed E-state index contributed by atoms with van der Waals surface area (Å²) < 4.78 is 5.19. The molecule has 2 amide bonds. The second-order valence-electron chi connectivity index (χ2n) is 5.46. The van der Waals surface area contributed by atoms with Crippen molar-refractivity contribution in [3.8, 4) is 0 Å². The fourth-order valence-electron chi connectivity index (χ4n) is 2.37. The van der Waals surface area contributed by atoms with Gasteiger partial charge in [0, 0.05) is 26.2 Å². The Morgan fingerprint density at radius 1 is 1.37 bits per heavy atom. The van der Waals surface area contributed by atoms with Crippen LogP contribution >= 0.6 is 0 Å². The first-order valence-electron chi connectivity index (χ1n) is 7.39. The molecule has 0 saturated carbocycles. The molecular formula is C14H29N3O2. The highest BCUT2D eigenvalue weighted by atomic mass is 16.5. The first-order valence-corrected chi connectivity index (χ1v) is 7.39. The molecule has 19 heavy (non-hydrogen) atoms. The summed E-state index contributed by atoms with van der Waals surface area (Å²) in [7, 11) is 1.66. The van der Waals surface area contributed by atoms with Crippen LogP contribution in [-0.2, 0) is 4.74 Å². The van der Waals surface area contributed by atoms with Gasteiger partial charge in [-0.1, -0.05) is 6.92 Å². The third-order valence-corrected chi connectivity index (χ3v) is 3.90. The van der Waals surface area contributed by atoms with E-state index in [4.69, 9.17) is 4.74 Å². The maximum absolute atomic E-state index is 11.9. The minimum atomic E-state index is -0.0784. The van der Waals surface area contributed by atoms with Crippen LogP contribution in [0.25, 0.3) is 0 Å². The standard InChI is InChI=1S/C14H29N3O2/c1-5-8-17-9-6-13(7-10-17)16-14(18)15-11(2)12(3)19-4/h11-13H,5-10H2,1-4H3,(H2,15,16,18)/t11-,12-/m0/s1. The smallest absolute Gasteiger partial charge is 0.315 e. The van der Waals surface area contributed by atoms with E-state index in [-0.39, 0.29) is 18.2 Å². The number of piperidine rings is 1. The second kappa shape index (κ2) is 8.38. The van der Waals surface area contributed by atoms with Crippen LogP contribution in [0.5, 0.6) is 0 Å². The van der Waals surface area contributed by atoms with Crippen molar-refractivity contribution in [2.24, 2.45) is 0 Å². The highest BCUT2D eigenvalue weighted by molar-refractivity contribution is 5.74. The zero-order chi connectivity index (χ0) is 14.3. The molecule has 0 aromatic carbocycles. The van der Waals surface area contributed by atoms with Crippen LogP contribution in [0.2, 0.25) is 0 Å². The number of nitrogens with one attached hydrogen (secondary N) is 2. The van der Waals surface area contributed by atoms with E-state index in [2.05, 4.69) is 22.5 Å². The van der Waals surface area contributed by atoms with Gasteiger partial charge in [0.25, 0.3) is 0 Å². The van der Waals surface area contributed by atoms with Gasteiger partial charge in [0.2, 0.25) is 0 Å². The second-order valence-corrected chi connectivity index (χ2v) is 5.46. The minimum absolute atomic E-state index is 0.0187. The predicted molar refractivity (Wildman–Crippen MR) is 77.4 cm³/mol. The predicted octanol–water partition coefficient (Wildman–Crippen LogP) is 1.58. The molecule has 1 saturated heterocycles. The average Bonchev–Trinajstić information content (AvgIpc) is 2.40. The average molecular weight is 271 g/mol. The van der Waals surface area contributed by atoms with E-state index < -0.39 is 0 Å². The number of urea groups is 1. The Balaban J connectivity index is 2.23. The molecule has 1 rings (SSSR count). The van der Waals surface area contributed by atoms with Gasteiger partial charge >= 0.3 is 6.03 Å². The first-order chi connectivity index (χ1) is 9.06. The van der Waals surface area contributed by atoms with E-state index in [0.29, 0.717) is 6.04 Å². The molecule has 0 unspecified atom stereocenters. The zero-order valence-electron chi connectivity index (χ0n) is 12.7. The van der Waals surface area contributed by atoms with Gasteiger partial charge in [-0.05, 0) is 39.7 Å². The Labute approximate surface area is 117 Å². The van der Waals surface area contributed by atoms with Gasteiger partial charge < -0.3 is 20.3 Å². The number of ether oxygens (including phenoxy) is 1. The summed E-state index contributed by atoms with van der Waals surface area (Å²) in [5.74, 6) is 0. The fraction of sp³-hybridized carbons (Fsp3) is 0.929. The molecule has 0 spiro atoms. The molecule has 0 bridgehead atoms. The lowest BCUT2D eigenvalue weighted by Crippen LogP contribution is -2.51. The number of methoxy groups -OCH3 is 1. The van der Waals surface area contributed by atoms with Gasteiger partial charge in [0.15, 0.2) is 0 Å². The molecule has 0 aromatic heterocycles. The van der Waals surface area contributed by atoms with Crippen LogP contribution in [0.1, 0.15) is 40.0 Å². The quantitative estimate of drug-likeness (QED) is 0.771. The number of nitrogens with zero attached hydrogens (tertiary/aromatic N) is 1. The molecule has 2 N–H and O–H groups in total. The summed E-state index contributed by atoms with van der Waals surface area (Å²) in [5.41, 5.74) is 0. The lowest BCUT2D eigenvalue weighted by atomic mass is 10.1. The topological polar surface area (TPSA) is 53.6 Å². The minimum Gasteiger partial charge on any atom is -0.380 e. The van der Waals surface area contributed by atoms with Crippen LogP contribution in [0, 0.1) is 0 Å². The van der Waals surface area contributed by atoms with Gasteiger partial charge in [0.05, 0.1) is 12.1 Å². The number of likely N-dealkylation sites (tertiary alicyclic amines) is 1. The van der Waals surface area contributed by atoms with Crippen LogP contribution in [0.3, 0.4) is 0 Å². The maximum Gasteiger partial charge on any atom is 0.315 e. The molecule has 0 radical (unpaired) electrons. The van der Waals surface area contributed by atoms with Gasteiger partial charge in [-0.2, -0.15) is 0 Å². The molecular weight excluding hydrogens is 242 g/mol. The van der Waals surface area contributed by atoms with Crippen molar-refractivity contribution in [3.05, 3.63) is 0 Å². The van der Waals surface area contributed by atoms with E-state index in [1.165, 1.54) is 13.0 Å². The van der Waals surface area contributed by atoms with Crippen LogP contribution < -0.4 is 10.6 Å². The molecule has 1 heterocycles. The summed E-state index contributed by atoms with van der Waals surface area (Å²) in [6, 6.07) is 0.244. The molecule has 5 heteroatoms. The molecule has 112 valence electrons. The van der Waals surface area contributed by atoms with Crippen molar-refractivity contribution in [3.63, 3.8) is 0 Å². The summed E-state index contributed by atoms with van der Waals surface area (Å²) in [5, 5.41) is 5.98. The molecule has 1 aliphatic heterocycles. The Morgan fingerprint density at radius 2 is 2.00 bits per heavy atom. The third kappa shape index (κ3) is 5.78. The van der Waals surface area contributed by atoms with Crippen LogP contribution in [0.15, 0.2) is 0 Å². The Bertz CT molecular complexity index is 265. The maximum atomic E-state index is 11.9. The molecule has 1 aliphatic rings. The number of hydrogen-bond donors (Lipinski definition) is 2. The summed E-state index contributed by atoms with van der Waals surface area (Å²) in [6.45, 7) is 9.45. The zero-order valence-corrected chi connectivity index (χ0v) is 12.7. The van der Waals surface area contributed by atoms with Crippen molar-refractivity contribution in [1.29, 1.82) is 0 Å². The number of hydrogen-bond acceptors (Lipinski definition) is 3. The van der Waals surface area contributed by atoms with E-state index >= 15 is 0 Å². The largest absolute Gasteiger partial charge is 0.380 e. The van der Waals surface area contributed by atoms with Crippen LogP contribution in [0.4, 0.5) is 4.79 Å². The molecule has 0 aromatic rings. The Morgan fingerprint density at radius 3 is 2.53 bits per heavy atom. The monoisotopic (exact) mass is 271 g/mol. The van der Waals surface area contributed by atoms with E-state index in [9.17, 15) is 4.79 Å². The highest BCUT2D eigenvalue weighted by Crippen LogP contribution is 2.10. The number of carbonyl (C=O) groups is 1. The van der Waals surface area contributed by atoms with Gasteiger partial charge in [-0.15, -0.1) is 0 Å². The fourth-order valence-corrected chi connectivity index (χ4v) is 2.37. The lowest BCUT2D eigenvalue weighted by molar-refractivity contribution is 0.0906. The van der Waals surface area contributed by atoms with Crippen molar-refractivity contribution in [2.75, 3.05) is 26.7 Å². The molecule has 1 fully saturated rings.